The van der Waals surface area contributed by atoms with Gasteiger partial charge in [-0.25, -0.2) is 4.98 Å². The fourth-order valence-electron chi connectivity index (χ4n) is 2.40. The standard InChI is InChI=1S/C18H20N2OS2/c1-13(10-15(21)16-8-5-9-22-16)19-12-18-20-11-17(23-18)14-6-3-2-4-7-14/h2-9,11,13,15,19,21H,10,12H2,1H3. The second-order valence-electron chi connectivity index (χ2n) is 5.53. The highest BCUT2D eigenvalue weighted by Crippen LogP contribution is 2.26. The molecule has 3 aromatic rings. The van der Waals surface area contributed by atoms with E-state index >= 15 is 0 Å². The van der Waals surface area contributed by atoms with Gasteiger partial charge in [-0.2, -0.15) is 0 Å². The molecule has 3 rings (SSSR count). The van der Waals surface area contributed by atoms with Crippen molar-refractivity contribution in [2.75, 3.05) is 0 Å². The SMILES string of the molecule is CC(CC(O)c1cccs1)NCc1ncc(-c2ccccc2)s1. The van der Waals surface area contributed by atoms with E-state index in [0.717, 1.165) is 16.4 Å². The number of benzene rings is 1. The zero-order chi connectivity index (χ0) is 16.1. The van der Waals surface area contributed by atoms with Gasteiger partial charge in [-0.15, -0.1) is 22.7 Å². The topological polar surface area (TPSA) is 45.1 Å². The molecule has 2 N–H and O–H groups in total. The lowest BCUT2D eigenvalue weighted by Crippen LogP contribution is -2.27. The minimum absolute atomic E-state index is 0.233. The van der Waals surface area contributed by atoms with Crippen LogP contribution in [0.3, 0.4) is 0 Å². The van der Waals surface area contributed by atoms with Gasteiger partial charge >= 0.3 is 0 Å². The fourth-order valence-corrected chi connectivity index (χ4v) is 4.00. The largest absolute Gasteiger partial charge is 0.388 e. The third-order valence-corrected chi connectivity index (χ3v) is 5.68. The third-order valence-electron chi connectivity index (χ3n) is 3.66. The van der Waals surface area contributed by atoms with Crippen LogP contribution in [0.15, 0.2) is 54.0 Å². The van der Waals surface area contributed by atoms with E-state index in [1.807, 2.05) is 41.9 Å². The molecule has 23 heavy (non-hydrogen) atoms. The Morgan fingerprint density at radius 2 is 2.00 bits per heavy atom. The van der Waals surface area contributed by atoms with Crippen molar-refractivity contribution in [2.45, 2.75) is 32.0 Å². The molecule has 0 aliphatic rings. The molecule has 5 heteroatoms. The lowest BCUT2D eigenvalue weighted by molar-refractivity contribution is 0.157. The van der Waals surface area contributed by atoms with Crippen molar-refractivity contribution < 1.29 is 5.11 Å². The number of hydrogen-bond donors (Lipinski definition) is 2. The molecular weight excluding hydrogens is 324 g/mol. The van der Waals surface area contributed by atoms with Gasteiger partial charge in [0, 0.05) is 23.7 Å². The maximum atomic E-state index is 10.2. The summed E-state index contributed by atoms with van der Waals surface area (Å²) in [6, 6.07) is 14.5. The number of rotatable bonds is 7. The number of aliphatic hydroxyl groups excluding tert-OH is 1. The van der Waals surface area contributed by atoms with Crippen molar-refractivity contribution in [1.29, 1.82) is 0 Å². The summed E-state index contributed by atoms with van der Waals surface area (Å²) in [7, 11) is 0. The van der Waals surface area contributed by atoms with E-state index in [2.05, 4.69) is 29.4 Å². The van der Waals surface area contributed by atoms with E-state index in [4.69, 9.17) is 0 Å². The van der Waals surface area contributed by atoms with Gasteiger partial charge in [-0.1, -0.05) is 36.4 Å². The molecule has 0 amide bonds. The first-order valence-corrected chi connectivity index (χ1v) is 9.37. The zero-order valence-electron chi connectivity index (χ0n) is 13.0. The number of nitrogens with zero attached hydrogens (tertiary/aromatic N) is 1. The van der Waals surface area contributed by atoms with Gasteiger partial charge < -0.3 is 10.4 Å². The van der Waals surface area contributed by atoms with Crippen molar-refractivity contribution in [3.63, 3.8) is 0 Å². The maximum absolute atomic E-state index is 10.2. The Morgan fingerprint density at radius 1 is 1.17 bits per heavy atom. The summed E-state index contributed by atoms with van der Waals surface area (Å²) >= 11 is 3.31. The highest BCUT2D eigenvalue weighted by atomic mass is 32.1. The first-order chi connectivity index (χ1) is 11.2. The highest BCUT2D eigenvalue weighted by Gasteiger charge is 2.13. The van der Waals surface area contributed by atoms with Gasteiger partial charge in [-0.3, -0.25) is 0 Å². The molecule has 120 valence electrons. The Morgan fingerprint density at radius 3 is 2.74 bits per heavy atom. The van der Waals surface area contributed by atoms with Crippen LogP contribution in [-0.2, 0) is 6.54 Å². The quantitative estimate of drug-likeness (QED) is 0.664. The molecule has 2 unspecified atom stereocenters. The molecule has 2 aromatic heterocycles. The summed E-state index contributed by atoms with van der Waals surface area (Å²) in [6.07, 6.45) is 2.24. The molecule has 0 fully saturated rings. The summed E-state index contributed by atoms with van der Waals surface area (Å²) in [5, 5.41) is 16.7. The summed E-state index contributed by atoms with van der Waals surface area (Å²) in [5.74, 6) is 0. The second-order valence-corrected chi connectivity index (χ2v) is 7.63. The van der Waals surface area contributed by atoms with Crippen molar-refractivity contribution in [2.24, 2.45) is 0 Å². The van der Waals surface area contributed by atoms with Crippen LogP contribution in [-0.4, -0.2) is 16.1 Å². The number of aromatic nitrogens is 1. The Hall–Kier alpha value is -1.53. The molecule has 0 aliphatic heterocycles. The van der Waals surface area contributed by atoms with Gasteiger partial charge in [0.2, 0.25) is 0 Å². The molecule has 0 bridgehead atoms. The van der Waals surface area contributed by atoms with Crippen molar-refractivity contribution >= 4 is 22.7 Å². The predicted octanol–water partition coefficient (Wildman–Crippen LogP) is 4.47. The highest BCUT2D eigenvalue weighted by molar-refractivity contribution is 7.15. The van der Waals surface area contributed by atoms with Crippen LogP contribution < -0.4 is 5.32 Å². The normalized spacial score (nSPS) is 13.8. The van der Waals surface area contributed by atoms with Gasteiger partial charge in [0.25, 0.3) is 0 Å². The molecule has 1 aromatic carbocycles. The number of thiazole rings is 1. The average molecular weight is 345 g/mol. The summed E-state index contributed by atoms with van der Waals surface area (Å²) < 4.78 is 0. The maximum Gasteiger partial charge on any atom is 0.107 e. The zero-order valence-corrected chi connectivity index (χ0v) is 14.6. The van der Waals surface area contributed by atoms with Crippen LogP contribution in [0.25, 0.3) is 10.4 Å². The van der Waals surface area contributed by atoms with Crippen LogP contribution in [0.5, 0.6) is 0 Å². The van der Waals surface area contributed by atoms with Gasteiger partial charge in [0.05, 0.1) is 11.0 Å². The minimum atomic E-state index is -0.395. The molecule has 0 saturated heterocycles. The number of thiophene rings is 1. The molecule has 2 heterocycles. The average Bonchev–Trinajstić information content (AvgIpc) is 3.25. The molecule has 0 aliphatic carbocycles. The van der Waals surface area contributed by atoms with Gasteiger partial charge in [0.1, 0.15) is 5.01 Å². The van der Waals surface area contributed by atoms with Gasteiger partial charge in [0.15, 0.2) is 0 Å². The van der Waals surface area contributed by atoms with E-state index < -0.39 is 6.10 Å². The molecule has 3 nitrogen and oxygen atoms in total. The first kappa shape index (κ1) is 16.3. The van der Waals surface area contributed by atoms with Crippen LogP contribution in [0.2, 0.25) is 0 Å². The lowest BCUT2D eigenvalue weighted by Gasteiger charge is -2.16. The third kappa shape index (κ3) is 4.48. The summed E-state index contributed by atoms with van der Waals surface area (Å²) in [6.45, 7) is 2.83. The van der Waals surface area contributed by atoms with E-state index in [9.17, 15) is 5.11 Å². The van der Waals surface area contributed by atoms with Crippen molar-refractivity contribution in [1.82, 2.24) is 10.3 Å². The summed E-state index contributed by atoms with van der Waals surface area (Å²) in [5.41, 5.74) is 1.21. The lowest BCUT2D eigenvalue weighted by atomic mass is 10.1. The Balaban J connectivity index is 1.51. The molecule has 0 saturated carbocycles. The monoisotopic (exact) mass is 344 g/mol. The Labute approximate surface area is 144 Å². The molecule has 2 atom stereocenters. The van der Waals surface area contributed by atoms with Crippen LogP contribution >= 0.6 is 22.7 Å². The van der Waals surface area contributed by atoms with Gasteiger partial charge in [-0.05, 0) is 30.4 Å². The van der Waals surface area contributed by atoms with E-state index in [1.165, 1.54) is 10.4 Å². The number of nitrogens with one attached hydrogen (secondary N) is 1. The summed E-state index contributed by atoms with van der Waals surface area (Å²) in [4.78, 5) is 6.70. The van der Waals surface area contributed by atoms with Crippen molar-refractivity contribution in [3.05, 3.63) is 63.9 Å². The number of hydrogen-bond acceptors (Lipinski definition) is 5. The van der Waals surface area contributed by atoms with Crippen LogP contribution in [0.1, 0.15) is 29.3 Å². The predicted molar refractivity (Wildman–Crippen MR) is 97.7 cm³/mol. The molecule has 0 spiro atoms. The van der Waals surface area contributed by atoms with E-state index in [0.29, 0.717) is 6.42 Å². The van der Waals surface area contributed by atoms with Crippen molar-refractivity contribution in [3.8, 4) is 10.4 Å². The molecular formula is C18H20N2OS2. The fraction of sp³-hybridized carbons (Fsp3) is 0.278. The smallest absolute Gasteiger partial charge is 0.107 e. The van der Waals surface area contributed by atoms with Crippen LogP contribution in [0, 0.1) is 0 Å². The first-order valence-electron chi connectivity index (χ1n) is 7.67. The van der Waals surface area contributed by atoms with Crippen LogP contribution in [0.4, 0.5) is 0 Å². The second kappa shape index (κ2) is 7.84. The van der Waals surface area contributed by atoms with E-state index in [1.54, 1.807) is 22.7 Å². The Kier molecular flexibility index (Phi) is 5.56. The minimum Gasteiger partial charge on any atom is -0.388 e. The molecule has 0 radical (unpaired) electrons. The number of aliphatic hydroxyl groups is 1. The van der Waals surface area contributed by atoms with E-state index in [-0.39, 0.29) is 6.04 Å². The Bertz CT molecular complexity index is 710.